The third-order valence-corrected chi connectivity index (χ3v) is 4.31. The van der Waals surface area contributed by atoms with Gasteiger partial charge in [0, 0.05) is 32.8 Å². The van der Waals surface area contributed by atoms with Gasteiger partial charge in [-0.2, -0.15) is 4.98 Å². The number of amides is 1. The molecule has 0 bridgehead atoms. The highest BCUT2D eigenvalue weighted by atomic mass is 35.5. The molecule has 1 fully saturated rings. The van der Waals surface area contributed by atoms with E-state index in [9.17, 15) is 4.79 Å². The van der Waals surface area contributed by atoms with Crippen molar-refractivity contribution in [1.29, 1.82) is 0 Å². The average Bonchev–Trinajstić information content (AvgIpc) is 3.03. The zero-order valence-electron chi connectivity index (χ0n) is 15.5. The molecule has 2 N–H and O–H groups in total. The highest BCUT2D eigenvalue weighted by Gasteiger charge is 2.27. The number of hydrogen-bond donors (Lipinski definition) is 1. The molecule has 1 aromatic heterocycles. The quantitative estimate of drug-likeness (QED) is 0.764. The molecule has 144 valence electrons. The molecule has 1 saturated heterocycles. The second-order valence-corrected chi connectivity index (χ2v) is 6.52. The number of halogens is 1. The fourth-order valence-corrected chi connectivity index (χ4v) is 2.64. The minimum atomic E-state index is -0.421. The summed E-state index contributed by atoms with van der Waals surface area (Å²) >= 11 is 0. The first-order chi connectivity index (χ1) is 11.4. The van der Waals surface area contributed by atoms with E-state index in [0.717, 1.165) is 13.1 Å². The van der Waals surface area contributed by atoms with E-state index in [4.69, 9.17) is 15.0 Å². The average molecular weight is 376 g/mol. The molecule has 1 unspecified atom stereocenters. The van der Waals surface area contributed by atoms with E-state index < -0.39 is 6.04 Å². The summed E-state index contributed by atoms with van der Waals surface area (Å²) in [5, 5.41) is 3.97. The van der Waals surface area contributed by atoms with Crippen molar-refractivity contribution in [3.63, 3.8) is 0 Å². The standard InChI is InChI=1S/C16H29N5O3.ClH/c1-5-23-12(4)15-18-13(24-19-15)10-20-6-8-21(9-7-20)16(22)14(17)11(2)3;/h11-12,14H,5-10,17H2,1-4H3;1H/t12?,14-;/m0./s1. The minimum absolute atomic E-state index is 0. The van der Waals surface area contributed by atoms with Gasteiger partial charge in [-0.1, -0.05) is 19.0 Å². The Labute approximate surface area is 155 Å². The summed E-state index contributed by atoms with van der Waals surface area (Å²) in [6.07, 6.45) is -0.167. The van der Waals surface area contributed by atoms with Crippen molar-refractivity contribution in [2.75, 3.05) is 32.8 Å². The fraction of sp³-hybridized carbons (Fsp3) is 0.812. The Kier molecular flexibility index (Phi) is 8.78. The van der Waals surface area contributed by atoms with Crippen LogP contribution < -0.4 is 5.73 Å². The highest BCUT2D eigenvalue weighted by Crippen LogP contribution is 2.15. The molecular weight excluding hydrogens is 346 g/mol. The molecule has 8 nitrogen and oxygen atoms in total. The molecule has 1 aromatic rings. The lowest BCUT2D eigenvalue weighted by Crippen LogP contribution is -2.54. The molecule has 0 aromatic carbocycles. The summed E-state index contributed by atoms with van der Waals surface area (Å²) in [6.45, 7) is 11.9. The predicted octanol–water partition coefficient (Wildman–Crippen LogP) is 1.22. The van der Waals surface area contributed by atoms with Gasteiger partial charge >= 0.3 is 0 Å². The Morgan fingerprint density at radius 1 is 1.28 bits per heavy atom. The topological polar surface area (TPSA) is 97.7 Å². The van der Waals surface area contributed by atoms with Crippen molar-refractivity contribution in [3.8, 4) is 0 Å². The Hall–Kier alpha value is -1.22. The summed E-state index contributed by atoms with van der Waals surface area (Å²) in [7, 11) is 0. The first kappa shape index (κ1) is 21.8. The second-order valence-electron chi connectivity index (χ2n) is 6.52. The van der Waals surface area contributed by atoms with Crippen LogP contribution in [0.3, 0.4) is 0 Å². The Balaban J connectivity index is 0.00000312. The van der Waals surface area contributed by atoms with Crippen LogP contribution in [0.15, 0.2) is 4.52 Å². The van der Waals surface area contributed by atoms with Crippen LogP contribution >= 0.6 is 12.4 Å². The van der Waals surface area contributed by atoms with Gasteiger partial charge in [0.1, 0.15) is 6.10 Å². The van der Waals surface area contributed by atoms with Crippen molar-refractivity contribution in [3.05, 3.63) is 11.7 Å². The zero-order valence-corrected chi connectivity index (χ0v) is 16.3. The smallest absolute Gasteiger partial charge is 0.240 e. The number of aromatic nitrogens is 2. The van der Waals surface area contributed by atoms with Crippen molar-refractivity contribution in [1.82, 2.24) is 19.9 Å². The van der Waals surface area contributed by atoms with Crippen molar-refractivity contribution in [2.24, 2.45) is 11.7 Å². The molecule has 2 rings (SSSR count). The van der Waals surface area contributed by atoms with Crippen molar-refractivity contribution >= 4 is 18.3 Å². The van der Waals surface area contributed by atoms with Crippen molar-refractivity contribution in [2.45, 2.75) is 46.4 Å². The molecule has 0 spiro atoms. The van der Waals surface area contributed by atoms with Gasteiger partial charge in [0.15, 0.2) is 5.82 Å². The molecule has 1 aliphatic rings. The molecule has 2 heterocycles. The summed E-state index contributed by atoms with van der Waals surface area (Å²) < 4.78 is 10.8. The SMILES string of the molecule is CCOC(C)c1noc(CN2CCN(C(=O)[C@@H](N)C(C)C)CC2)n1.Cl. The largest absolute Gasteiger partial charge is 0.371 e. The summed E-state index contributed by atoms with van der Waals surface area (Å²) in [5.74, 6) is 1.34. The molecule has 0 aliphatic carbocycles. The molecule has 0 radical (unpaired) electrons. The van der Waals surface area contributed by atoms with Gasteiger partial charge in [0.25, 0.3) is 0 Å². The van der Waals surface area contributed by atoms with Crippen LogP contribution in [-0.2, 0) is 16.1 Å². The Morgan fingerprint density at radius 2 is 1.92 bits per heavy atom. The van der Waals surface area contributed by atoms with Crippen molar-refractivity contribution < 1.29 is 14.1 Å². The number of rotatable bonds is 7. The number of ether oxygens (including phenoxy) is 1. The van der Waals surface area contributed by atoms with Crippen LogP contribution in [0.1, 0.15) is 45.5 Å². The normalized spacial score (nSPS) is 18.1. The lowest BCUT2D eigenvalue weighted by atomic mass is 10.0. The van der Waals surface area contributed by atoms with Crippen LogP contribution in [0.2, 0.25) is 0 Å². The maximum atomic E-state index is 12.3. The maximum absolute atomic E-state index is 12.3. The first-order valence-electron chi connectivity index (χ1n) is 8.63. The van der Waals surface area contributed by atoms with E-state index in [1.165, 1.54) is 0 Å². The minimum Gasteiger partial charge on any atom is -0.371 e. The number of nitrogens with zero attached hydrogens (tertiary/aromatic N) is 4. The van der Waals surface area contributed by atoms with Gasteiger partial charge in [-0.25, -0.2) is 0 Å². The predicted molar refractivity (Wildman–Crippen MR) is 96.3 cm³/mol. The van der Waals surface area contributed by atoms with Gasteiger partial charge in [-0.15, -0.1) is 12.4 Å². The fourth-order valence-electron chi connectivity index (χ4n) is 2.64. The molecule has 2 atom stereocenters. The third-order valence-electron chi connectivity index (χ3n) is 4.31. The van der Waals surface area contributed by atoms with Gasteiger partial charge in [0.05, 0.1) is 12.6 Å². The van der Waals surface area contributed by atoms with Gasteiger partial charge in [0.2, 0.25) is 11.8 Å². The van der Waals surface area contributed by atoms with E-state index in [0.29, 0.717) is 38.0 Å². The maximum Gasteiger partial charge on any atom is 0.240 e. The van der Waals surface area contributed by atoms with E-state index in [1.54, 1.807) is 0 Å². The number of hydrogen-bond acceptors (Lipinski definition) is 7. The lowest BCUT2D eigenvalue weighted by Gasteiger charge is -2.35. The Bertz CT molecular complexity index is 532. The zero-order chi connectivity index (χ0) is 17.7. The number of carbonyl (C=O) groups is 1. The molecule has 9 heteroatoms. The summed E-state index contributed by atoms with van der Waals surface area (Å²) in [4.78, 5) is 20.7. The molecule has 1 amide bonds. The van der Waals surface area contributed by atoms with Crippen LogP contribution in [0.5, 0.6) is 0 Å². The van der Waals surface area contributed by atoms with E-state index in [2.05, 4.69) is 15.0 Å². The number of nitrogens with two attached hydrogens (primary N) is 1. The second kappa shape index (κ2) is 10.1. The highest BCUT2D eigenvalue weighted by molar-refractivity contribution is 5.85. The van der Waals surface area contributed by atoms with Gasteiger partial charge < -0.3 is 19.9 Å². The van der Waals surface area contributed by atoms with Crippen LogP contribution in [0.4, 0.5) is 0 Å². The number of piperazine rings is 1. The lowest BCUT2D eigenvalue weighted by molar-refractivity contribution is -0.135. The Morgan fingerprint density at radius 3 is 2.48 bits per heavy atom. The van der Waals surface area contributed by atoms with Crippen LogP contribution in [-0.4, -0.2) is 64.7 Å². The van der Waals surface area contributed by atoms with Crippen LogP contribution in [0, 0.1) is 5.92 Å². The van der Waals surface area contributed by atoms with E-state index in [1.807, 2.05) is 32.6 Å². The summed E-state index contributed by atoms with van der Waals surface area (Å²) in [6, 6.07) is -0.421. The molecule has 0 saturated carbocycles. The monoisotopic (exact) mass is 375 g/mol. The summed E-state index contributed by atoms with van der Waals surface area (Å²) in [5.41, 5.74) is 5.95. The molecule has 1 aliphatic heterocycles. The van der Waals surface area contributed by atoms with E-state index >= 15 is 0 Å². The third kappa shape index (κ3) is 5.91. The number of carbonyl (C=O) groups excluding carboxylic acids is 1. The molecular formula is C16H30ClN5O3. The van der Waals surface area contributed by atoms with E-state index in [-0.39, 0.29) is 30.3 Å². The van der Waals surface area contributed by atoms with Crippen LogP contribution in [0.25, 0.3) is 0 Å². The van der Waals surface area contributed by atoms with Gasteiger partial charge in [-0.3, -0.25) is 9.69 Å². The molecule has 25 heavy (non-hydrogen) atoms. The van der Waals surface area contributed by atoms with Gasteiger partial charge in [-0.05, 0) is 19.8 Å². The first-order valence-corrected chi connectivity index (χ1v) is 8.63.